The Kier molecular flexibility index (Phi) is 13.7. The lowest BCUT2D eigenvalue weighted by molar-refractivity contribution is -0.261. The Balaban J connectivity index is 1.62. The standard InChI is InChI=1S/C30H38Cl2N2O10/c1-16-19(29(40)34-24-26(38)25(37)21(14-35)44-30(24)42-3)13-20(31)27(23(16)32)43-15-17-8-7-9-18(12-17)28(39)33-11-6-4-5-10-22(36)41-2/h7-9,12-13,21,24-26,30,35,37-38H,4-6,10-11,14-15H2,1-3H3,(H,33,39)(H,34,40)/t21-,24-,25-,26-,30+/m1/s1. The first-order chi connectivity index (χ1) is 21.0. The smallest absolute Gasteiger partial charge is 0.305 e. The van der Waals surface area contributed by atoms with Crippen molar-refractivity contribution in [2.45, 2.75) is 69.9 Å². The summed E-state index contributed by atoms with van der Waals surface area (Å²) in [6.07, 6.45) is -2.63. The lowest BCUT2D eigenvalue weighted by Crippen LogP contribution is -2.64. The van der Waals surface area contributed by atoms with E-state index in [0.717, 1.165) is 12.8 Å². The topological polar surface area (TPSA) is 173 Å². The summed E-state index contributed by atoms with van der Waals surface area (Å²) in [7, 11) is 2.65. The fraction of sp³-hybridized carbons (Fsp3) is 0.500. The molecular formula is C30H38Cl2N2O10. The molecule has 1 fully saturated rings. The molecule has 0 radical (unpaired) electrons. The van der Waals surface area contributed by atoms with Crippen molar-refractivity contribution in [2.24, 2.45) is 0 Å². The van der Waals surface area contributed by atoms with Gasteiger partial charge in [0.25, 0.3) is 11.8 Å². The Bertz CT molecular complexity index is 1310. The third-order valence-electron chi connectivity index (χ3n) is 7.22. The maximum absolute atomic E-state index is 13.2. The van der Waals surface area contributed by atoms with Crippen LogP contribution in [0.3, 0.4) is 0 Å². The molecule has 44 heavy (non-hydrogen) atoms. The fourth-order valence-electron chi connectivity index (χ4n) is 4.66. The van der Waals surface area contributed by atoms with Gasteiger partial charge in [0.2, 0.25) is 0 Å². The lowest BCUT2D eigenvalue weighted by Gasteiger charge is -2.41. The number of unbranched alkanes of at least 4 members (excludes halogenated alkanes) is 2. The van der Waals surface area contributed by atoms with Gasteiger partial charge >= 0.3 is 5.97 Å². The summed E-state index contributed by atoms with van der Waals surface area (Å²) >= 11 is 13.0. The Morgan fingerprint density at radius 3 is 2.45 bits per heavy atom. The van der Waals surface area contributed by atoms with Gasteiger partial charge in [-0.3, -0.25) is 14.4 Å². The largest absolute Gasteiger partial charge is 0.486 e. The van der Waals surface area contributed by atoms with Crippen molar-refractivity contribution in [2.75, 3.05) is 27.4 Å². The number of aliphatic hydroxyl groups is 3. The van der Waals surface area contributed by atoms with Gasteiger partial charge in [0.15, 0.2) is 12.0 Å². The van der Waals surface area contributed by atoms with Crippen LogP contribution in [0.5, 0.6) is 5.75 Å². The SMILES string of the molecule is COC(=O)CCCCCNC(=O)c1cccc(COc2c(Cl)cc(C(=O)N[C@H]3[C@@H](OC)O[C@H](CO)[C@@H](O)[C@@H]3O)c(C)c2Cl)c1. The minimum atomic E-state index is -1.49. The van der Waals surface area contributed by atoms with Crippen LogP contribution in [0.2, 0.25) is 10.0 Å². The highest BCUT2D eigenvalue weighted by Gasteiger charge is 2.45. The van der Waals surface area contributed by atoms with Crippen LogP contribution in [0.25, 0.3) is 0 Å². The van der Waals surface area contributed by atoms with Gasteiger partial charge in [0, 0.05) is 31.2 Å². The van der Waals surface area contributed by atoms with E-state index >= 15 is 0 Å². The van der Waals surface area contributed by atoms with E-state index in [0.29, 0.717) is 36.1 Å². The van der Waals surface area contributed by atoms with Crippen molar-refractivity contribution < 1.29 is 48.7 Å². The summed E-state index contributed by atoms with van der Waals surface area (Å²) in [6, 6.07) is 7.07. The summed E-state index contributed by atoms with van der Waals surface area (Å²) in [5.74, 6) is -1.02. The van der Waals surface area contributed by atoms with Gasteiger partial charge in [-0.05, 0) is 49.1 Å². The second kappa shape index (κ2) is 16.9. The van der Waals surface area contributed by atoms with Gasteiger partial charge in [-0.1, -0.05) is 41.8 Å². The van der Waals surface area contributed by atoms with Crippen LogP contribution in [0.15, 0.2) is 30.3 Å². The molecule has 5 N–H and O–H groups in total. The van der Waals surface area contributed by atoms with Crippen LogP contribution >= 0.6 is 23.2 Å². The average Bonchev–Trinajstić information content (AvgIpc) is 3.02. The van der Waals surface area contributed by atoms with Gasteiger partial charge in [-0.15, -0.1) is 0 Å². The summed E-state index contributed by atoms with van der Waals surface area (Å²) in [4.78, 5) is 37.0. The van der Waals surface area contributed by atoms with E-state index < -0.39 is 43.2 Å². The van der Waals surface area contributed by atoms with Crippen molar-refractivity contribution in [1.82, 2.24) is 10.6 Å². The molecule has 1 aliphatic heterocycles. The van der Waals surface area contributed by atoms with Gasteiger partial charge in [0.1, 0.15) is 31.0 Å². The minimum Gasteiger partial charge on any atom is -0.486 e. The first-order valence-electron chi connectivity index (χ1n) is 14.0. The molecule has 1 saturated heterocycles. The molecular weight excluding hydrogens is 619 g/mol. The molecule has 2 aromatic carbocycles. The van der Waals surface area contributed by atoms with E-state index in [9.17, 15) is 29.7 Å². The van der Waals surface area contributed by atoms with Crippen LogP contribution in [0, 0.1) is 6.92 Å². The first kappa shape index (κ1) is 35.5. The van der Waals surface area contributed by atoms with Gasteiger partial charge < -0.3 is 44.9 Å². The number of carbonyl (C=O) groups excluding carboxylic acids is 3. The number of methoxy groups -OCH3 is 2. The Morgan fingerprint density at radius 2 is 1.77 bits per heavy atom. The Morgan fingerprint density at radius 1 is 1.02 bits per heavy atom. The van der Waals surface area contributed by atoms with Crippen LogP contribution in [-0.2, 0) is 25.6 Å². The van der Waals surface area contributed by atoms with Crippen molar-refractivity contribution in [3.05, 3.63) is 62.6 Å². The molecule has 1 heterocycles. The van der Waals surface area contributed by atoms with Crippen LogP contribution in [0.4, 0.5) is 0 Å². The molecule has 0 aromatic heterocycles. The summed E-state index contributed by atoms with van der Waals surface area (Å²) in [5, 5.41) is 35.7. The van der Waals surface area contributed by atoms with Gasteiger partial charge in [-0.25, -0.2) is 0 Å². The minimum absolute atomic E-state index is 0.0319. The molecule has 0 aliphatic carbocycles. The number of carbonyl (C=O) groups is 3. The summed E-state index contributed by atoms with van der Waals surface area (Å²) in [5.41, 5.74) is 1.56. The number of rotatable bonds is 14. The number of ether oxygens (including phenoxy) is 4. The Hall–Kier alpha value is -2.97. The predicted octanol–water partition coefficient (Wildman–Crippen LogP) is 2.53. The molecule has 242 valence electrons. The van der Waals surface area contributed by atoms with Crippen molar-refractivity contribution in [3.8, 4) is 5.75 Å². The number of hydrogen-bond donors (Lipinski definition) is 5. The molecule has 14 heteroatoms. The number of benzene rings is 2. The number of halogens is 2. The molecule has 3 rings (SSSR count). The van der Waals surface area contributed by atoms with Gasteiger partial charge in [0.05, 0.1) is 23.8 Å². The molecule has 0 saturated carbocycles. The number of amides is 2. The fourth-order valence-corrected chi connectivity index (χ4v) is 5.23. The molecule has 5 atom stereocenters. The van der Waals surface area contributed by atoms with Crippen molar-refractivity contribution in [3.63, 3.8) is 0 Å². The highest BCUT2D eigenvalue weighted by atomic mass is 35.5. The molecule has 0 unspecified atom stereocenters. The molecule has 2 amide bonds. The molecule has 0 spiro atoms. The lowest BCUT2D eigenvalue weighted by atomic mass is 9.96. The van der Waals surface area contributed by atoms with E-state index in [2.05, 4.69) is 15.4 Å². The highest BCUT2D eigenvalue weighted by molar-refractivity contribution is 6.38. The predicted molar refractivity (Wildman–Crippen MR) is 161 cm³/mol. The molecule has 0 bridgehead atoms. The van der Waals surface area contributed by atoms with Crippen LogP contribution < -0.4 is 15.4 Å². The highest BCUT2D eigenvalue weighted by Crippen LogP contribution is 2.38. The van der Waals surface area contributed by atoms with Crippen LogP contribution in [-0.4, -0.2) is 91.1 Å². The van der Waals surface area contributed by atoms with E-state index in [-0.39, 0.29) is 39.8 Å². The average molecular weight is 658 g/mol. The normalized spacial score (nSPS) is 21.4. The molecule has 1 aliphatic rings. The van der Waals surface area contributed by atoms with E-state index in [4.69, 9.17) is 37.4 Å². The second-order valence-corrected chi connectivity index (χ2v) is 11.0. The Labute approximate surface area is 265 Å². The quantitative estimate of drug-likeness (QED) is 0.150. The summed E-state index contributed by atoms with van der Waals surface area (Å²) in [6.45, 7) is 1.54. The number of esters is 1. The first-order valence-corrected chi connectivity index (χ1v) is 14.8. The van der Waals surface area contributed by atoms with Gasteiger partial charge in [-0.2, -0.15) is 0 Å². The monoisotopic (exact) mass is 656 g/mol. The maximum Gasteiger partial charge on any atom is 0.305 e. The van der Waals surface area contributed by atoms with E-state index in [1.165, 1.54) is 20.3 Å². The zero-order chi connectivity index (χ0) is 32.4. The maximum atomic E-state index is 13.2. The number of aliphatic hydroxyl groups excluding tert-OH is 3. The number of nitrogens with one attached hydrogen (secondary N) is 2. The molecule has 2 aromatic rings. The number of hydrogen-bond acceptors (Lipinski definition) is 10. The summed E-state index contributed by atoms with van der Waals surface area (Å²) < 4.78 is 21.2. The second-order valence-electron chi connectivity index (χ2n) is 10.2. The van der Waals surface area contributed by atoms with E-state index in [1.807, 2.05) is 0 Å². The van der Waals surface area contributed by atoms with Crippen LogP contribution in [0.1, 0.15) is 57.5 Å². The van der Waals surface area contributed by atoms with E-state index in [1.54, 1.807) is 31.2 Å². The third kappa shape index (κ3) is 9.04. The molecule has 12 nitrogen and oxygen atoms in total. The zero-order valence-corrected chi connectivity index (χ0v) is 26.2. The van der Waals surface area contributed by atoms with Crippen molar-refractivity contribution in [1.29, 1.82) is 0 Å². The van der Waals surface area contributed by atoms with Crippen molar-refractivity contribution >= 4 is 41.0 Å². The zero-order valence-electron chi connectivity index (χ0n) is 24.7. The third-order valence-corrected chi connectivity index (χ3v) is 7.96.